The Morgan fingerprint density at radius 2 is 1.28 bits per heavy atom. The molecule has 3 rings (SSSR count). The Bertz CT molecular complexity index is 603. The van der Waals surface area contributed by atoms with E-state index in [2.05, 4.69) is 53.7 Å². The normalized spacial score (nSPS) is 17.6. The summed E-state index contributed by atoms with van der Waals surface area (Å²) in [5.74, 6) is 1.24. The molecule has 94 valence electrons. The molecule has 0 aromatic heterocycles. The minimum absolute atomic E-state index is 0. The van der Waals surface area contributed by atoms with Crippen LogP contribution in [-0.4, -0.2) is 11.7 Å². The van der Waals surface area contributed by atoms with Gasteiger partial charge in [-0.1, -0.05) is 36.4 Å². The standard InChI is InChI=1S/C14H10N3.Pt/c1-15-13-11-7-9-5-3-4-6-10(9)8-12(11)14(16-2)17-13;/h3-8H,1-2H2;/q-3;. The van der Waals surface area contributed by atoms with Gasteiger partial charge in [0.15, 0.2) is 0 Å². The van der Waals surface area contributed by atoms with Gasteiger partial charge in [-0.05, 0) is 10.8 Å². The van der Waals surface area contributed by atoms with Crippen LogP contribution in [0.1, 0.15) is 11.1 Å². The summed E-state index contributed by atoms with van der Waals surface area (Å²) in [6, 6.07) is 12.3. The molecule has 2 aromatic rings. The maximum Gasteiger partial charge on any atom is 0 e. The molecule has 1 aliphatic rings. The number of aliphatic imine (C=N–C) groups is 2. The van der Waals surface area contributed by atoms with E-state index in [0.717, 1.165) is 21.9 Å². The van der Waals surface area contributed by atoms with Crippen LogP contribution in [0.3, 0.4) is 0 Å². The molecule has 3 nitrogen and oxygen atoms in total. The van der Waals surface area contributed by atoms with Gasteiger partial charge >= 0.3 is 0 Å². The van der Waals surface area contributed by atoms with E-state index in [1.54, 1.807) is 0 Å². The SMILES string of the molecule is [CH2-]N=C1[N-]C(=N[CH2-])c2cc3ccccc3cc21.[Pt]. The van der Waals surface area contributed by atoms with Crippen LogP contribution in [0.2, 0.25) is 0 Å². The average molecular weight is 415 g/mol. The van der Waals surface area contributed by atoms with E-state index in [1.165, 1.54) is 0 Å². The summed E-state index contributed by atoms with van der Waals surface area (Å²) in [6.07, 6.45) is 0. The van der Waals surface area contributed by atoms with Crippen molar-refractivity contribution in [3.05, 3.63) is 66.9 Å². The Labute approximate surface area is 120 Å². The summed E-state index contributed by atoms with van der Waals surface area (Å²) in [4.78, 5) is 7.85. The fraction of sp³-hybridized carbons (Fsp3) is 0. The van der Waals surface area contributed by atoms with Gasteiger partial charge in [0.2, 0.25) is 0 Å². The van der Waals surface area contributed by atoms with E-state index < -0.39 is 0 Å². The van der Waals surface area contributed by atoms with Crippen molar-refractivity contribution in [2.75, 3.05) is 0 Å². The summed E-state index contributed by atoms with van der Waals surface area (Å²) in [7, 11) is 7.07. The summed E-state index contributed by atoms with van der Waals surface area (Å²) < 4.78 is 0. The number of hydrogen-bond donors (Lipinski definition) is 0. The maximum atomic E-state index is 4.29. The maximum absolute atomic E-state index is 4.29. The van der Waals surface area contributed by atoms with Gasteiger partial charge in [0, 0.05) is 21.1 Å². The van der Waals surface area contributed by atoms with E-state index >= 15 is 0 Å². The molecule has 0 atom stereocenters. The molecule has 0 saturated carbocycles. The first-order chi connectivity index (χ1) is 8.33. The van der Waals surface area contributed by atoms with E-state index in [4.69, 9.17) is 0 Å². The third-order valence-electron chi connectivity index (χ3n) is 2.88. The Balaban J connectivity index is 0.00000120. The molecule has 1 heterocycles. The second-order valence-electron chi connectivity index (χ2n) is 3.82. The molecule has 0 radical (unpaired) electrons. The van der Waals surface area contributed by atoms with E-state index in [0.29, 0.717) is 11.7 Å². The van der Waals surface area contributed by atoms with Crippen LogP contribution >= 0.6 is 0 Å². The van der Waals surface area contributed by atoms with Crippen LogP contribution in [0.15, 0.2) is 46.4 Å². The Hall–Kier alpha value is -1.73. The quantitative estimate of drug-likeness (QED) is 0.593. The number of fused-ring (bicyclic) bond motifs is 2. The van der Waals surface area contributed by atoms with Crippen molar-refractivity contribution in [3.8, 4) is 0 Å². The number of amidine groups is 2. The molecule has 0 spiro atoms. The summed E-state index contributed by atoms with van der Waals surface area (Å²) in [5, 5.41) is 6.61. The Morgan fingerprint density at radius 1 is 0.833 bits per heavy atom. The first kappa shape index (κ1) is 12.7. The first-order valence-corrected chi connectivity index (χ1v) is 5.26. The van der Waals surface area contributed by atoms with E-state index in [1.807, 2.05) is 12.1 Å². The second kappa shape index (κ2) is 4.87. The zero-order chi connectivity index (χ0) is 11.8. The summed E-state index contributed by atoms with van der Waals surface area (Å²) >= 11 is 0. The fourth-order valence-corrected chi connectivity index (χ4v) is 2.07. The number of rotatable bonds is 0. The van der Waals surface area contributed by atoms with Crippen molar-refractivity contribution in [1.29, 1.82) is 0 Å². The third-order valence-corrected chi connectivity index (χ3v) is 2.88. The molecule has 0 aliphatic carbocycles. The van der Waals surface area contributed by atoms with E-state index in [9.17, 15) is 0 Å². The van der Waals surface area contributed by atoms with Crippen molar-refractivity contribution in [2.24, 2.45) is 9.98 Å². The third kappa shape index (κ3) is 1.81. The van der Waals surface area contributed by atoms with Gasteiger partial charge in [-0.15, -0.1) is 11.1 Å². The van der Waals surface area contributed by atoms with Crippen molar-refractivity contribution in [1.82, 2.24) is 0 Å². The van der Waals surface area contributed by atoms with Gasteiger partial charge in [0.05, 0.1) is 0 Å². The minimum Gasteiger partial charge on any atom is -0.566 e. The largest absolute Gasteiger partial charge is 0.566 e. The topological polar surface area (TPSA) is 38.8 Å². The van der Waals surface area contributed by atoms with Gasteiger partial charge in [0.25, 0.3) is 0 Å². The number of benzene rings is 2. The molecule has 1 aliphatic heterocycles. The van der Waals surface area contributed by atoms with Gasteiger partial charge in [0.1, 0.15) is 0 Å². The molecule has 0 amide bonds. The van der Waals surface area contributed by atoms with Crippen LogP contribution in [0.5, 0.6) is 0 Å². The van der Waals surface area contributed by atoms with Gasteiger partial charge in [-0.2, -0.15) is 11.7 Å². The summed E-state index contributed by atoms with van der Waals surface area (Å²) in [6.45, 7) is 0. The number of nitrogens with zero attached hydrogens (tertiary/aromatic N) is 3. The second-order valence-corrected chi connectivity index (χ2v) is 3.82. The van der Waals surface area contributed by atoms with Crippen LogP contribution in [-0.2, 0) is 21.1 Å². The van der Waals surface area contributed by atoms with Crippen LogP contribution < -0.4 is 0 Å². The van der Waals surface area contributed by atoms with Crippen molar-refractivity contribution >= 4 is 22.4 Å². The molecule has 4 heteroatoms. The predicted molar refractivity (Wildman–Crippen MR) is 71.1 cm³/mol. The Morgan fingerprint density at radius 3 is 1.67 bits per heavy atom. The first-order valence-electron chi connectivity index (χ1n) is 5.26. The zero-order valence-electron chi connectivity index (χ0n) is 9.54. The van der Waals surface area contributed by atoms with Crippen LogP contribution in [0, 0.1) is 14.1 Å². The molecule has 0 saturated heterocycles. The van der Waals surface area contributed by atoms with Gasteiger partial charge in [-0.3, -0.25) is 0 Å². The van der Waals surface area contributed by atoms with Crippen LogP contribution in [0.4, 0.5) is 0 Å². The zero-order valence-corrected chi connectivity index (χ0v) is 11.8. The molecular formula is C14H10N3Pt-3. The monoisotopic (exact) mass is 415 g/mol. The fourth-order valence-electron chi connectivity index (χ4n) is 2.07. The minimum atomic E-state index is 0. The molecule has 18 heavy (non-hydrogen) atoms. The van der Waals surface area contributed by atoms with Crippen molar-refractivity contribution in [2.45, 2.75) is 0 Å². The van der Waals surface area contributed by atoms with Crippen molar-refractivity contribution < 1.29 is 21.1 Å². The van der Waals surface area contributed by atoms with Gasteiger partial charge < -0.3 is 15.3 Å². The predicted octanol–water partition coefficient (Wildman–Crippen LogP) is 3.30. The molecule has 0 bridgehead atoms. The van der Waals surface area contributed by atoms with Crippen LogP contribution in [0.25, 0.3) is 16.1 Å². The summed E-state index contributed by atoms with van der Waals surface area (Å²) in [5.41, 5.74) is 1.95. The van der Waals surface area contributed by atoms with Gasteiger partial charge in [-0.25, -0.2) is 14.1 Å². The molecule has 0 unspecified atom stereocenters. The molecular weight excluding hydrogens is 405 g/mol. The van der Waals surface area contributed by atoms with Crippen molar-refractivity contribution in [3.63, 3.8) is 0 Å². The molecule has 0 N–H and O–H groups in total. The Kier molecular flexibility index (Phi) is 3.44. The number of hydrogen-bond acceptors (Lipinski definition) is 2. The molecule has 0 fully saturated rings. The molecule has 2 aromatic carbocycles. The average Bonchev–Trinajstić information content (AvgIpc) is 2.73. The van der Waals surface area contributed by atoms with E-state index in [-0.39, 0.29) is 21.1 Å². The smallest absolute Gasteiger partial charge is 0 e.